The highest BCUT2D eigenvalue weighted by atomic mass is 35.5. The topological polar surface area (TPSA) is 35.2 Å². The van der Waals surface area contributed by atoms with Gasteiger partial charge in [-0.2, -0.15) is 0 Å². The van der Waals surface area contributed by atoms with E-state index in [1.807, 2.05) is 6.92 Å². The number of rotatable bonds is 6. The largest absolute Gasteiger partial charge is 0.385 e. The van der Waals surface area contributed by atoms with Crippen LogP contribution in [0.5, 0.6) is 0 Å². The maximum absolute atomic E-state index is 13.6. The van der Waals surface area contributed by atoms with Crippen molar-refractivity contribution >= 4 is 11.6 Å². The van der Waals surface area contributed by atoms with Crippen molar-refractivity contribution in [3.63, 3.8) is 0 Å². The number of hydrogen-bond acceptors (Lipinski definition) is 2. The van der Waals surface area contributed by atoms with Gasteiger partial charge in [-0.3, -0.25) is 0 Å². The second-order valence-electron chi connectivity index (χ2n) is 4.33. The van der Waals surface area contributed by atoms with E-state index in [9.17, 15) is 4.39 Å². The molecule has 0 heterocycles. The van der Waals surface area contributed by atoms with Crippen molar-refractivity contribution in [3.05, 3.63) is 34.6 Å². The van der Waals surface area contributed by atoms with Crippen molar-refractivity contribution in [2.75, 3.05) is 13.7 Å². The summed E-state index contributed by atoms with van der Waals surface area (Å²) < 4.78 is 18.6. The van der Waals surface area contributed by atoms with Crippen LogP contribution in [0.4, 0.5) is 4.39 Å². The van der Waals surface area contributed by atoms with E-state index in [0.29, 0.717) is 23.6 Å². The number of hydrogen-bond donors (Lipinski definition) is 1. The Morgan fingerprint density at radius 1 is 1.47 bits per heavy atom. The van der Waals surface area contributed by atoms with Crippen molar-refractivity contribution in [3.8, 4) is 0 Å². The van der Waals surface area contributed by atoms with Crippen LogP contribution in [0.2, 0.25) is 5.02 Å². The molecule has 2 nitrogen and oxygen atoms in total. The maximum atomic E-state index is 13.6. The van der Waals surface area contributed by atoms with Crippen molar-refractivity contribution in [1.82, 2.24) is 0 Å². The first-order valence-electron chi connectivity index (χ1n) is 5.73. The average Bonchev–Trinajstić information content (AvgIpc) is 2.30. The molecule has 4 heteroatoms. The minimum Gasteiger partial charge on any atom is -0.385 e. The first-order valence-corrected chi connectivity index (χ1v) is 6.11. The van der Waals surface area contributed by atoms with Gasteiger partial charge in [0.25, 0.3) is 0 Å². The lowest BCUT2D eigenvalue weighted by atomic mass is 9.93. The zero-order valence-electron chi connectivity index (χ0n) is 10.2. The summed E-state index contributed by atoms with van der Waals surface area (Å²) in [7, 11) is 1.66. The van der Waals surface area contributed by atoms with Gasteiger partial charge in [0.2, 0.25) is 0 Å². The summed E-state index contributed by atoms with van der Waals surface area (Å²) >= 11 is 5.96. The average molecular weight is 260 g/mol. The molecule has 0 aliphatic heterocycles. The Hall–Kier alpha value is -0.640. The molecule has 96 valence electrons. The second-order valence-corrected chi connectivity index (χ2v) is 4.73. The molecule has 0 saturated heterocycles. The predicted molar refractivity (Wildman–Crippen MR) is 68.7 cm³/mol. The van der Waals surface area contributed by atoms with Gasteiger partial charge in [0.15, 0.2) is 0 Å². The van der Waals surface area contributed by atoms with E-state index in [1.54, 1.807) is 19.2 Å². The molecule has 1 aromatic carbocycles. The highest BCUT2D eigenvalue weighted by molar-refractivity contribution is 6.31. The van der Waals surface area contributed by atoms with E-state index < -0.39 is 0 Å². The van der Waals surface area contributed by atoms with Gasteiger partial charge in [-0.15, -0.1) is 0 Å². The molecule has 2 atom stereocenters. The van der Waals surface area contributed by atoms with Gasteiger partial charge < -0.3 is 10.5 Å². The molecule has 0 spiro atoms. The quantitative estimate of drug-likeness (QED) is 0.852. The molecule has 0 bridgehead atoms. The number of benzene rings is 1. The summed E-state index contributed by atoms with van der Waals surface area (Å²) in [6, 6.07) is 4.58. The Morgan fingerprint density at radius 3 is 2.76 bits per heavy atom. The first kappa shape index (κ1) is 14.4. The number of ether oxygens (including phenoxy) is 1. The molecule has 0 saturated carbocycles. The van der Waals surface area contributed by atoms with Gasteiger partial charge >= 0.3 is 0 Å². The van der Waals surface area contributed by atoms with Crippen LogP contribution in [0.25, 0.3) is 0 Å². The van der Waals surface area contributed by atoms with Gasteiger partial charge in [-0.05, 0) is 30.9 Å². The van der Waals surface area contributed by atoms with E-state index >= 15 is 0 Å². The van der Waals surface area contributed by atoms with Crippen LogP contribution in [0.1, 0.15) is 18.9 Å². The molecule has 2 unspecified atom stereocenters. The molecule has 0 fully saturated rings. The Kier molecular flexibility index (Phi) is 5.89. The minimum atomic E-state index is -0.285. The van der Waals surface area contributed by atoms with Gasteiger partial charge in [0.05, 0.1) is 0 Å². The molecule has 1 rings (SSSR count). The number of nitrogens with two attached hydrogens (primary N) is 1. The van der Waals surface area contributed by atoms with Gasteiger partial charge in [0, 0.05) is 30.3 Å². The van der Waals surface area contributed by atoms with Crippen LogP contribution in [-0.2, 0) is 11.2 Å². The summed E-state index contributed by atoms with van der Waals surface area (Å²) in [5, 5.41) is 0.444. The Balaban J connectivity index is 2.64. The Labute approximate surface area is 107 Å². The second kappa shape index (κ2) is 6.94. The third-order valence-corrected chi connectivity index (χ3v) is 3.36. The van der Waals surface area contributed by atoms with Crippen LogP contribution in [0.15, 0.2) is 18.2 Å². The third-order valence-electron chi connectivity index (χ3n) is 3.01. The molecule has 0 amide bonds. The van der Waals surface area contributed by atoms with E-state index in [2.05, 4.69) is 0 Å². The standard InChI is InChI=1S/C13H19ClFNO/c1-9(6-7-17-2)13(16)8-10-11(14)4-3-5-12(10)15/h3-5,9,13H,6-8,16H2,1-2H3. The number of methoxy groups -OCH3 is 1. The van der Waals surface area contributed by atoms with Crippen molar-refractivity contribution in [1.29, 1.82) is 0 Å². The van der Waals surface area contributed by atoms with Crippen LogP contribution in [0.3, 0.4) is 0 Å². The van der Waals surface area contributed by atoms with E-state index in [-0.39, 0.29) is 17.8 Å². The molecule has 17 heavy (non-hydrogen) atoms. The fourth-order valence-corrected chi connectivity index (χ4v) is 1.92. The molecule has 0 radical (unpaired) electrons. The molecule has 0 aromatic heterocycles. The molecule has 0 aliphatic carbocycles. The maximum Gasteiger partial charge on any atom is 0.127 e. The predicted octanol–water partition coefficient (Wildman–Crippen LogP) is 3.02. The van der Waals surface area contributed by atoms with E-state index in [1.165, 1.54) is 6.07 Å². The number of halogens is 2. The van der Waals surface area contributed by atoms with Crippen molar-refractivity contribution in [2.45, 2.75) is 25.8 Å². The van der Waals surface area contributed by atoms with Crippen LogP contribution in [-0.4, -0.2) is 19.8 Å². The fraction of sp³-hybridized carbons (Fsp3) is 0.538. The SMILES string of the molecule is COCCC(C)C(N)Cc1c(F)cccc1Cl. The summed E-state index contributed by atoms with van der Waals surface area (Å²) in [6.07, 6.45) is 1.32. The molecular formula is C13H19ClFNO. The molecule has 2 N–H and O–H groups in total. The summed E-state index contributed by atoms with van der Waals surface area (Å²) in [5.74, 6) is -0.0162. The van der Waals surface area contributed by atoms with Crippen molar-refractivity contribution < 1.29 is 9.13 Å². The van der Waals surface area contributed by atoms with Crippen LogP contribution in [0, 0.1) is 11.7 Å². The molecule has 1 aromatic rings. The zero-order chi connectivity index (χ0) is 12.8. The first-order chi connectivity index (χ1) is 8.06. The smallest absolute Gasteiger partial charge is 0.127 e. The Morgan fingerprint density at radius 2 is 2.18 bits per heavy atom. The van der Waals surface area contributed by atoms with Crippen molar-refractivity contribution in [2.24, 2.45) is 11.7 Å². The summed E-state index contributed by atoms with van der Waals surface area (Å²) in [6.45, 7) is 2.71. The van der Waals surface area contributed by atoms with E-state index in [0.717, 1.165) is 6.42 Å². The fourth-order valence-electron chi connectivity index (χ4n) is 1.68. The van der Waals surface area contributed by atoms with Crippen LogP contribution >= 0.6 is 11.6 Å². The highest BCUT2D eigenvalue weighted by Crippen LogP contribution is 2.22. The monoisotopic (exact) mass is 259 g/mol. The minimum absolute atomic E-state index is 0.112. The molecular weight excluding hydrogens is 241 g/mol. The lowest BCUT2D eigenvalue weighted by Gasteiger charge is -2.20. The zero-order valence-corrected chi connectivity index (χ0v) is 11.0. The Bertz CT molecular complexity index is 339. The molecule has 0 aliphatic rings. The van der Waals surface area contributed by atoms with Gasteiger partial charge in [-0.1, -0.05) is 24.6 Å². The van der Waals surface area contributed by atoms with Gasteiger partial charge in [-0.25, -0.2) is 4.39 Å². The summed E-state index contributed by atoms with van der Waals surface area (Å²) in [4.78, 5) is 0. The third kappa shape index (κ3) is 4.26. The van der Waals surface area contributed by atoms with E-state index in [4.69, 9.17) is 22.1 Å². The van der Waals surface area contributed by atoms with Crippen LogP contribution < -0.4 is 5.73 Å². The highest BCUT2D eigenvalue weighted by Gasteiger charge is 2.17. The van der Waals surface area contributed by atoms with Gasteiger partial charge in [0.1, 0.15) is 5.82 Å². The normalized spacial score (nSPS) is 14.6. The summed E-state index contributed by atoms with van der Waals surface area (Å²) in [5.41, 5.74) is 6.55. The lowest BCUT2D eigenvalue weighted by Crippen LogP contribution is -2.31. The lowest BCUT2D eigenvalue weighted by molar-refractivity contribution is 0.174.